The molecule has 1 fully saturated rings. The number of β-amino-alcohol motifs (C(OH)–C–C–N with tert-alkyl or cyclic N) is 1. The fourth-order valence-electron chi connectivity index (χ4n) is 4.19. The first-order chi connectivity index (χ1) is 15.9. The Kier molecular flexibility index (Phi) is 7.58. The van der Waals surface area contributed by atoms with Crippen molar-refractivity contribution < 1.29 is 14.6 Å². The van der Waals surface area contributed by atoms with Crippen LogP contribution in [0.2, 0.25) is 5.02 Å². The lowest BCUT2D eigenvalue weighted by Crippen LogP contribution is -2.51. The summed E-state index contributed by atoms with van der Waals surface area (Å²) in [6.45, 7) is 7.80. The van der Waals surface area contributed by atoms with Crippen LogP contribution < -0.4 is 9.47 Å². The molecular weight excluding hydrogens is 438 g/mol. The maximum Gasteiger partial charge on any atom is 0.138 e. The molecule has 1 aromatic heterocycles. The topological polar surface area (TPSA) is 59.8 Å². The van der Waals surface area contributed by atoms with E-state index >= 15 is 0 Å². The number of rotatable bonds is 9. The number of piperidine rings is 1. The molecule has 1 aliphatic heterocycles. The van der Waals surface area contributed by atoms with Gasteiger partial charge in [0.25, 0.3) is 0 Å². The Labute approximate surface area is 200 Å². The monoisotopic (exact) mass is 469 g/mol. The molecule has 1 saturated heterocycles. The normalized spacial score (nSPS) is 18.9. The van der Waals surface area contributed by atoms with E-state index in [0.29, 0.717) is 23.9 Å². The quantitative estimate of drug-likeness (QED) is 0.494. The molecule has 0 saturated carbocycles. The predicted molar refractivity (Wildman–Crippen MR) is 130 cm³/mol. The van der Waals surface area contributed by atoms with E-state index in [9.17, 15) is 5.11 Å². The number of aryl methyl sites for hydroxylation is 2. The van der Waals surface area contributed by atoms with E-state index in [4.69, 9.17) is 21.1 Å². The summed E-state index contributed by atoms with van der Waals surface area (Å²) in [7, 11) is 0. The number of hydrogen-bond donors (Lipinski definition) is 1. The van der Waals surface area contributed by atoms with Crippen LogP contribution in [0.4, 0.5) is 0 Å². The highest BCUT2D eigenvalue weighted by atomic mass is 35.5. The van der Waals surface area contributed by atoms with Crippen LogP contribution in [0, 0.1) is 13.8 Å². The second kappa shape index (κ2) is 10.6. The van der Waals surface area contributed by atoms with Gasteiger partial charge >= 0.3 is 0 Å². The van der Waals surface area contributed by atoms with Gasteiger partial charge in [0, 0.05) is 19.3 Å². The Morgan fingerprint density at radius 2 is 1.91 bits per heavy atom. The number of aromatic nitrogens is 2. The molecule has 4 rings (SSSR count). The van der Waals surface area contributed by atoms with E-state index in [-0.39, 0.29) is 6.61 Å². The minimum Gasteiger partial charge on any atom is -0.492 e. The average Bonchev–Trinajstić information content (AvgIpc) is 3.21. The van der Waals surface area contributed by atoms with Gasteiger partial charge in [-0.05, 0) is 74.7 Å². The third-order valence-electron chi connectivity index (χ3n) is 5.91. The van der Waals surface area contributed by atoms with Crippen LogP contribution in [-0.4, -0.2) is 51.7 Å². The van der Waals surface area contributed by atoms with E-state index in [1.165, 1.54) is 5.56 Å². The van der Waals surface area contributed by atoms with Crippen molar-refractivity contribution in [1.29, 1.82) is 0 Å². The van der Waals surface area contributed by atoms with Crippen LogP contribution in [0.1, 0.15) is 29.7 Å². The zero-order valence-corrected chi connectivity index (χ0v) is 20.1. The number of likely N-dealkylation sites (tertiary alicyclic amines) is 1. The summed E-state index contributed by atoms with van der Waals surface area (Å²) in [6.07, 6.45) is 3.60. The van der Waals surface area contributed by atoms with Crippen LogP contribution in [0.3, 0.4) is 0 Å². The number of aliphatic hydroxyl groups is 1. The molecule has 2 heterocycles. The van der Waals surface area contributed by atoms with Crippen molar-refractivity contribution >= 4 is 11.6 Å². The van der Waals surface area contributed by atoms with Crippen molar-refractivity contribution in [1.82, 2.24) is 14.7 Å². The van der Waals surface area contributed by atoms with Gasteiger partial charge in [-0.1, -0.05) is 29.8 Å². The Balaban J connectivity index is 1.26. The largest absolute Gasteiger partial charge is 0.492 e. The number of hydrogen-bond acceptors (Lipinski definition) is 5. The number of halogens is 1. The van der Waals surface area contributed by atoms with Crippen LogP contribution in [0.25, 0.3) is 0 Å². The first-order valence-corrected chi connectivity index (χ1v) is 11.8. The Morgan fingerprint density at radius 1 is 1.09 bits per heavy atom. The van der Waals surface area contributed by atoms with Gasteiger partial charge in [-0.2, -0.15) is 5.10 Å². The van der Waals surface area contributed by atoms with Gasteiger partial charge in [0.05, 0.1) is 17.3 Å². The van der Waals surface area contributed by atoms with Gasteiger partial charge in [-0.15, -0.1) is 0 Å². The van der Waals surface area contributed by atoms with E-state index in [1.54, 1.807) is 0 Å². The highest BCUT2D eigenvalue weighted by Gasteiger charge is 2.34. The number of nitrogens with zero attached hydrogens (tertiary/aromatic N) is 3. The smallest absolute Gasteiger partial charge is 0.138 e. The van der Waals surface area contributed by atoms with Crippen LogP contribution >= 0.6 is 11.6 Å². The van der Waals surface area contributed by atoms with E-state index in [2.05, 4.69) is 22.1 Å². The third-order valence-corrected chi connectivity index (χ3v) is 6.22. The van der Waals surface area contributed by atoms with Crippen molar-refractivity contribution in [3.05, 3.63) is 76.6 Å². The van der Waals surface area contributed by atoms with Crippen molar-refractivity contribution in [3.63, 3.8) is 0 Å². The number of ether oxygens (including phenoxy) is 2. The van der Waals surface area contributed by atoms with Gasteiger partial charge < -0.3 is 14.6 Å². The zero-order chi connectivity index (χ0) is 23.3. The van der Waals surface area contributed by atoms with Crippen molar-refractivity contribution in [3.8, 4) is 11.5 Å². The van der Waals surface area contributed by atoms with E-state index in [0.717, 1.165) is 49.5 Å². The first-order valence-electron chi connectivity index (χ1n) is 11.4. The van der Waals surface area contributed by atoms with Crippen LogP contribution in [0.5, 0.6) is 11.5 Å². The SMILES string of the molecule is Cc1ccc(Cl)c(OC[C@]2(O)CCCN(Cc3ccc(OCCn4ccc(C)n4)cc3)C2)c1. The maximum absolute atomic E-state index is 11.1. The average molecular weight is 470 g/mol. The van der Waals surface area contributed by atoms with Gasteiger partial charge in [-0.3, -0.25) is 9.58 Å². The molecular formula is C26H32ClN3O3. The summed E-state index contributed by atoms with van der Waals surface area (Å²) in [5.74, 6) is 1.47. The summed E-state index contributed by atoms with van der Waals surface area (Å²) in [6, 6.07) is 15.9. The molecule has 7 heteroatoms. The summed E-state index contributed by atoms with van der Waals surface area (Å²) in [5.41, 5.74) is 2.39. The fraction of sp³-hybridized carbons (Fsp3) is 0.423. The molecule has 3 aromatic rings. The summed E-state index contributed by atoms with van der Waals surface area (Å²) >= 11 is 6.24. The molecule has 0 amide bonds. The maximum atomic E-state index is 11.1. The van der Waals surface area contributed by atoms with Crippen molar-refractivity contribution in [2.75, 3.05) is 26.3 Å². The Morgan fingerprint density at radius 3 is 2.67 bits per heavy atom. The molecule has 6 nitrogen and oxygen atoms in total. The molecule has 2 aromatic carbocycles. The van der Waals surface area contributed by atoms with Gasteiger partial charge in [0.2, 0.25) is 0 Å². The first kappa shape index (κ1) is 23.6. The lowest BCUT2D eigenvalue weighted by Gasteiger charge is -2.39. The number of benzene rings is 2. The van der Waals surface area contributed by atoms with Crippen LogP contribution in [-0.2, 0) is 13.1 Å². The molecule has 0 aliphatic carbocycles. The van der Waals surface area contributed by atoms with E-state index in [1.807, 2.05) is 61.1 Å². The van der Waals surface area contributed by atoms with Crippen molar-refractivity contribution in [2.24, 2.45) is 0 Å². The van der Waals surface area contributed by atoms with Crippen molar-refractivity contribution in [2.45, 2.75) is 45.4 Å². The molecule has 33 heavy (non-hydrogen) atoms. The Hall–Kier alpha value is -2.54. The lowest BCUT2D eigenvalue weighted by atomic mass is 9.93. The molecule has 1 aliphatic rings. The molecule has 1 atom stereocenters. The molecule has 0 radical (unpaired) electrons. The predicted octanol–water partition coefficient (Wildman–Crippen LogP) is 4.64. The minimum absolute atomic E-state index is 0.231. The van der Waals surface area contributed by atoms with Gasteiger partial charge in [0.15, 0.2) is 0 Å². The second-order valence-electron chi connectivity index (χ2n) is 8.97. The second-order valence-corrected chi connectivity index (χ2v) is 9.38. The molecule has 176 valence electrons. The lowest BCUT2D eigenvalue weighted by molar-refractivity contribution is -0.0620. The van der Waals surface area contributed by atoms with Crippen LogP contribution in [0.15, 0.2) is 54.7 Å². The standard InChI is InChI=1S/C26H32ClN3O3/c1-20-4-9-24(27)25(16-20)33-19-26(31)11-3-12-29(18-26)17-22-5-7-23(8-6-22)32-15-14-30-13-10-21(2)28-30/h4-10,13,16,31H,3,11-12,14-15,17-19H2,1-2H3/t26-/m0/s1. The zero-order valence-electron chi connectivity index (χ0n) is 19.3. The summed E-state index contributed by atoms with van der Waals surface area (Å²) in [5, 5.41) is 16.1. The molecule has 0 bridgehead atoms. The summed E-state index contributed by atoms with van der Waals surface area (Å²) < 4.78 is 13.6. The summed E-state index contributed by atoms with van der Waals surface area (Å²) in [4.78, 5) is 2.28. The van der Waals surface area contributed by atoms with Gasteiger partial charge in [-0.25, -0.2) is 0 Å². The highest BCUT2D eigenvalue weighted by Crippen LogP contribution is 2.29. The van der Waals surface area contributed by atoms with E-state index < -0.39 is 5.60 Å². The molecule has 1 N–H and O–H groups in total. The minimum atomic E-state index is -0.890. The van der Waals surface area contributed by atoms with Gasteiger partial charge in [0.1, 0.15) is 30.3 Å². The molecule has 0 spiro atoms. The molecule has 0 unspecified atom stereocenters. The third kappa shape index (κ3) is 6.73. The fourth-order valence-corrected chi connectivity index (χ4v) is 4.36. The Bertz CT molecular complexity index is 1050. The highest BCUT2D eigenvalue weighted by molar-refractivity contribution is 6.32.